The molecule has 0 aromatic heterocycles. The minimum Gasteiger partial charge on any atom is -0.486 e. The summed E-state index contributed by atoms with van der Waals surface area (Å²) in [5.74, 6) is 0.603. The highest BCUT2D eigenvalue weighted by atomic mass is 19.1. The fourth-order valence-electron chi connectivity index (χ4n) is 2.09. The van der Waals surface area contributed by atoms with Crippen molar-refractivity contribution >= 4 is 0 Å². The van der Waals surface area contributed by atoms with Crippen molar-refractivity contribution in [3.05, 3.63) is 65.0 Å². The molecule has 2 nitrogen and oxygen atoms in total. The van der Waals surface area contributed by atoms with Crippen LogP contribution < -0.4 is 10.5 Å². The van der Waals surface area contributed by atoms with Crippen molar-refractivity contribution in [1.29, 1.82) is 0 Å². The molecule has 0 aliphatic rings. The van der Waals surface area contributed by atoms with E-state index in [1.165, 1.54) is 11.6 Å². The van der Waals surface area contributed by atoms with Crippen LogP contribution in [0.3, 0.4) is 0 Å². The number of rotatable bonds is 5. The molecule has 0 aliphatic carbocycles. The van der Waals surface area contributed by atoms with E-state index in [-0.39, 0.29) is 11.9 Å². The van der Waals surface area contributed by atoms with Gasteiger partial charge in [0, 0.05) is 6.42 Å². The molecule has 2 rings (SSSR count). The van der Waals surface area contributed by atoms with Gasteiger partial charge < -0.3 is 10.5 Å². The Morgan fingerprint density at radius 1 is 1.10 bits per heavy atom. The molecule has 2 aromatic carbocycles. The van der Waals surface area contributed by atoms with Crippen molar-refractivity contribution < 1.29 is 9.13 Å². The molecule has 0 saturated carbocycles. The minimum atomic E-state index is -0.199. The summed E-state index contributed by atoms with van der Waals surface area (Å²) in [7, 11) is 0. The van der Waals surface area contributed by atoms with Crippen LogP contribution in [0.15, 0.2) is 42.5 Å². The van der Waals surface area contributed by atoms with Crippen molar-refractivity contribution in [2.75, 3.05) is 6.54 Å². The molecule has 20 heavy (non-hydrogen) atoms. The quantitative estimate of drug-likeness (QED) is 0.896. The third-order valence-corrected chi connectivity index (χ3v) is 3.28. The number of hydrogen-bond acceptors (Lipinski definition) is 2. The van der Waals surface area contributed by atoms with E-state index in [0.717, 1.165) is 11.3 Å². The van der Waals surface area contributed by atoms with Gasteiger partial charge in [-0.25, -0.2) is 4.39 Å². The Balaban J connectivity index is 2.21. The summed E-state index contributed by atoms with van der Waals surface area (Å²) < 4.78 is 19.3. The van der Waals surface area contributed by atoms with Gasteiger partial charge in [-0.3, -0.25) is 0 Å². The fourth-order valence-corrected chi connectivity index (χ4v) is 2.09. The van der Waals surface area contributed by atoms with Gasteiger partial charge in [0.25, 0.3) is 0 Å². The second kappa shape index (κ2) is 6.53. The van der Waals surface area contributed by atoms with E-state index in [1.54, 1.807) is 13.0 Å². The maximum Gasteiger partial charge on any atom is 0.126 e. The monoisotopic (exact) mass is 273 g/mol. The van der Waals surface area contributed by atoms with E-state index >= 15 is 0 Å². The molecule has 106 valence electrons. The number of ether oxygens (including phenoxy) is 1. The number of halogens is 1. The number of nitrogens with two attached hydrogens (primary N) is 1. The second-order valence-electron chi connectivity index (χ2n) is 5.01. The highest BCUT2D eigenvalue weighted by Gasteiger charge is 2.14. The summed E-state index contributed by atoms with van der Waals surface area (Å²) in [5, 5.41) is 0. The lowest BCUT2D eigenvalue weighted by molar-refractivity contribution is 0.197. The highest BCUT2D eigenvalue weighted by molar-refractivity contribution is 5.30. The smallest absolute Gasteiger partial charge is 0.126 e. The van der Waals surface area contributed by atoms with Crippen LogP contribution in [-0.2, 0) is 0 Å². The fraction of sp³-hybridized carbons (Fsp3) is 0.294. The van der Waals surface area contributed by atoms with Crippen LogP contribution in [0.4, 0.5) is 4.39 Å². The lowest BCUT2D eigenvalue weighted by atomic mass is 10.0. The minimum absolute atomic E-state index is 0.151. The zero-order valence-electron chi connectivity index (χ0n) is 11.9. The second-order valence-corrected chi connectivity index (χ2v) is 5.01. The predicted octanol–water partition coefficient (Wildman–Crippen LogP) is 3.91. The van der Waals surface area contributed by atoms with Gasteiger partial charge in [-0.15, -0.1) is 0 Å². The normalized spacial score (nSPS) is 12.2. The summed E-state index contributed by atoms with van der Waals surface area (Å²) >= 11 is 0. The summed E-state index contributed by atoms with van der Waals surface area (Å²) in [4.78, 5) is 0. The van der Waals surface area contributed by atoms with Gasteiger partial charge in [-0.2, -0.15) is 0 Å². The van der Waals surface area contributed by atoms with Crippen LogP contribution in [0.5, 0.6) is 5.75 Å². The third kappa shape index (κ3) is 3.58. The Bertz CT molecular complexity index is 566. The number of hydrogen-bond donors (Lipinski definition) is 1. The predicted molar refractivity (Wildman–Crippen MR) is 79.4 cm³/mol. The Labute approximate surface area is 119 Å². The van der Waals surface area contributed by atoms with Crippen LogP contribution in [0.1, 0.15) is 29.2 Å². The van der Waals surface area contributed by atoms with E-state index in [2.05, 4.69) is 0 Å². The standard InChI is InChI=1S/C17H20FNO/c1-12-3-6-15(7-4-12)20-17(9-10-19)14-5-8-16(18)13(2)11-14/h3-8,11,17H,9-10,19H2,1-2H3. The SMILES string of the molecule is Cc1ccc(OC(CCN)c2ccc(F)c(C)c2)cc1. The maximum atomic E-state index is 13.4. The number of aryl methyl sites for hydroxylation is 2. The Hall–Kier alpha value is -1.87. The first-order chi connectivity index (χ1) is 9.60. The Morgan fingerprint density at radius 2 is 1.80 bits per heavy atom. The molecule has 1 atom stereocenters. The Kier molecular flexibility index (Phi) is 4.74. The van der Waals surface area contributed by atoms with Gasteiger partial charge in [-0.1, -0.05) is 23.8 Å². The molecule has 1 unspecified atom stereocenters. The van der Waals surface area contributed by atoms with Crippen LogP contribution in [0.25, 0.3) is 0 Å². The van der Waals surface area contributed by atoms with Gasteiger partial charge in [0.2, 0.25) is 0 Å². The molecular weight excluding hydrogens is 253 g/mol. The Morgan fingerprint density at radius 3 is 2.40 bits per heavy atom. The van der Waals surface area contributed by atoms with E-state index in [9.17, 15) is 4.39 Å². The van der Waals surface area contributed by atoms with Crippen LogP contribution in [0.2, 0.25) is 0 Å². The van der Waals surface area contributed by atoms with E-state index in [4.69, 9.17) is 10.5 Å². The average molecular weight is 273 g/mol. The van der Waals surface area contributed by atoms with Crippen molar-refractivity contribution in [1.82, 2.24) is 0 Å². The molecule has 0 amide bonds. The van der Waals surface area contributed by atoms with Gasteiger partial charge in [0.15, 0.2) is 0 Å². The van der Waals surface area contributed by atoms with E-state index in [0.29, 0.717) is 18.5 Å². The molecule has 0 saturated heterocycles. The first-order valence-electron chi connectivity index (χ1n) is 6.79. The van der Waals surface area contributed by atoms with E-state index < -0.39 is 0 Å². The molecule has 0 heterocycles. The van der Waals surface area contributed by atoms with E-state index in [1.807, 2.05) is 37.3 Å². The summed E-state index contributed by atoms with van der Waals surface area (Å²) in [5.41, 5.74) is 8.42. The van der Waals surface area contributed by atoms with Gasteiger partial charge in [0.05, 0.1) is 0 Å². The summed E-state index contributed by atoms with van der Waals surface area (Å²) in [6, 6.07) is 13.0. The van der Waals surface area contributed by atoms with Crippen LogP contribution >= 0.6 is 0 Å². The summed E-state index contributed by atoms with van der Waals surface area (Å²) in [6.45, 7) is 4.31. The molecular formula is C17H20FNO. The van der Waals surface area contributed by atoms with Crippen molar-refractivity contribution in [2.24, 2.45) is 5.73 Å². The maximum absolute atomic E-state index is 13.4. The van der Waals surface area contributed by atoms with Gasteiger partial charge in [0.1, 0.15) is 17.7 Å². The largest absolute Gasteiger partial charge is 0.486 e. The molecule has 0 aliphatic heterocycles. The lowest BCUT2D eigenvalue weighted by Gasteiger charge is -2.19. The molecule has 0 bridgehead atoms. The molecule has 2 N–H and O–H groups in total. The first-order valence-corrected chi connectivity index (χ1v) is 6.79. The topological polar surface area (TPSA) is 35.2 Å². The van der Waals surface area contributed by atoms with Gasteiger partial charge >= 0.3 is 0 Å². The molecule has 0 radical (unpaired) electrons. The summed E-state index contributed by atoms with van der Waals surface area (Å²) in [6.07, 6.45) is 0.542. The average Bonchev–Trinajstić information content (AvgIpc) is 2.44. The highest BCUT2D eigenvalue weighted by Crippen LogP contribution is 2.26. The van der Waals surface area contributed by atoms with Crippen molar-refractivity contribution in [3.63, 3.8) is 0 Å². The lowest BCUT2D eigenvalue weighted by Crippen LogP contribution is -2.13. The van der Waals surface area contributed by atoms with Crippen molar-refractivity contribution in [3.8, 4) is 5.75 Å². The molecule has 3 heteroatoms. The molecule has 2 aromatic rings. The van der Waals surface area contributed by atoms with Crippen LogP contribution in [0, 0.1) is 19.7 Å². The molecule has 0 fully saturated rings. The zero-order chi connectivity index (χ0) is 14.5. The molecule has 0 spiro atoms. The van der Waals surface area contributed by atoms with Crippen molar-refractivity contribution in [2.45, 2.75) is 26.4 Å². The van der Waals surface area contributed by atoms with Crippen LogP contribution in [-0.4, -0.2) is 6.54 Å². The first kappa shape index (κ1) is 14.5. The third-order valence-electron chi connectivity index (χ3n) is 3.28. The zero-order valence-corrected chi connectivity index (χ0v) is 11.9. The number of benzene rings is 2. The van der Waals surface area contributed by atoms with Gasteiger partial charge in [-0.05, 0) is 55.8 Å².